The summed E-state index contributed by atoms with van der Waals surface area (Å²) in [5, 5.41) is 2.91. The summed E-state index contributed by atoms with van der Waals surface area (Å²) in [5.41, 5.74) is 1.59. The first kappa shape index (κ1) is 9.49. The molecule has 0 spiro atoms. The number of rotatable bonds is 1. The van der Waals surface area contributed by atoms with Crippen LogP contribution in [0.2, 0.25) is 0 Å². The molecular formula is C10H9N3O2. The fraction of sp³-hybridized carbons (Fsp3) is 0.200. The van der Waals surface area contributed by atoms with Crippen molar-refractivity contribution in [3.63, 3.8) is 0 Å². The number of hydrogen-bond donors (Lipinski definition) is 2. The minimum atomic E-state index is -0.502. The van der Waals surface area contributed by atoms with Crippen molar-refractivity contribution in [1.29, 1.82) is 0 Å². The van der Waals surface area contributed by atoms with E-state index in [0.717, 1.165) is 5.56 Å². The van der Waals surface area contributed by atoms with Crippen LogP contribution in [0.25, 0.3) is 11.2 Å². The Hall–Kier alpha value is -2.06. The van der Waals surface area contributed by atoms with Crippen LogP contribution in [0.5, 0.6) is 0 Å². The van der Waals surface area contributed by atoms with Gasteiger partial charge in [0.1, 0.15) is 0 Å². The minimum absolute atomic E-state index is 0.427. The number of fused-ring (bicyclic) bond motifs is 1. The summed E-state index contributed by atoms with van der Waals surface area (Å²) in [6.07, 6.45) is 1.59. The van der Waals surface area contributed by atoms with Crippen LogP contribution in [-0.2, 0) is 0 Å². The van der Waals surface area contributed by atoms with Crippen LogP contribution in [-0.4, -0.2) is 23.6 Å². The molecule has 0 saturated carbocycles. The lowest BCUT2D eigenvalue weighted by Crippen LogP contribution is -2.04. The molecule has 0 bridgehead atoms. The van der Waals surface area contributed by atoms with Crippen LogP contribution < -0.4 is 11.1 Å². The highest BCUT2D eigenvalue weighted by Crippen LogP contribution is 2.07. The van der Waals surface area contributed by atoms with Crippen LogP contribution in [0.3, 0.4) is 0 Å². The number of pyridine rings is 1. The molecule has 76 valence electrons. The van der Waals surface area contributed by atoms with E-state index in [4.69, 9.17) is 4.42 Å². The summed E-state index contributed by atoms with van der Waals surface area (Å²) in [5.74, 6) is 5.29. The second-order valence-corrected chi connectivity index (χ2v) is 2.92. The van der Waals surface area contributed by atoms with Crippen molar-refractivity contribution in [3.05, 3.63) is 28.4 Å². The summed E-state index contributed by atoms with van der Waals surface area (Å²) in [4.78, 5) is 17.3. The molecule has 0 unspecified atom stereocenters. The lowest BCUT2D eigenvalue weighted by molar-refractivity contribution is 0.555. The average molecular weight is 203 g/mol. The zero-order valence-electron chi connectivity index (χ0n) is 8.13. The maximum atomic E-state index is 10.9. The molecule has 0 radical (unpaired) electrons. The molecule has 0 aromatic carbocycles. The van der Waals surface area contributed by atoms with E-state index in [0.29, 0.717) is 17.8 Å². The Bertz CT molecular complexity index is 586. The molecule has 0 saturated heterocycles. The molecular weight excluding hydrogens is 194 g/mol. The molecule has 2 heterocycles. The predicted octanol–water partition coefficient (Wildman–Crippen LogP) is 0.0870. The maximum Gasteiger partial charge on any atom is 0.418 e. The molecule has 5 heteroatoms. The van der Waals surface area contributed by atoms with Gasteiger partial charge in [0, 0.05) is 17.8 Å². The first-order valence-corrected chi connectivity index (χ1v) is 4.42. The smallest absolute Gasteiger partial charge is 0.406 e. The highest BCUT2D eigenvalue weighted by molar-refractivity contribution is 5.68. The monoisotopic (exact) mass is 203 g/mol. The van der Waals surface area contributed by atoms with Crippen molar-refractivity contribution in [1.82, 2.24) is 15.3 Å². The van der Waals surface area contributed by atoms with Crippen LogP contribution in [0, 0.1) is 11.8 Å². The molecule has 0 amide bonds. The van der Waals surface area contributed by atoms with E-state index < -0.39 is 5.76 Å². The highest BCUT2D eigenvalue weighted by atomic mass is 16.4. The predicted molar refractivity (Wildman–Crippen MR) is 55.4 cm³/mol. The summed E-state index contributed by atoms with van der Waals surface area (Å²) >= 11 is 0. The number of nitrogens with one attached hydrogen (secondary N) is 2. The van der Waals surface area contributed by atoms with Gasteiger partial charge >= 0.3 is 5.76 Å². The van der Waals surface area contributed by atoms with Gasteiger partial charge < -0.3 is 9.73 Å². The van der Waals surface area contributed by atoms with Gasteiger partial charge in [-0.2, -0.15) is 0 Å². The molecule has 5 nitrogen and oxygen atoms in total. The third kappa shape index (κ3) is 2.06. The Kier molecular flexibility index (Phi) is 2.52. The largest absolute Gasteiger partial charge is 0.418 e. The number of H-pyrrole nitrogens is 1. The van der Waals surface area contributed by atoms with Crippen molar-refractivity contribution in [2.75, 3.05) is 13.6 Å². The van der Waals surface area contributed by atoms with E-state index in [9.17, 15) is 4.79 Å². The SMILES string of the molecule is CNCC#Cc1cnc2[nH]c(=O)oc2c1. The van der Waals surface area contributed by atoms with Crippen molar-refractivity contribution < 1.29 is 4.42 Å². The number of aromatic nitrogens is 2. The first-order valence-electron chi connectivity index (χ1n) is 4.42. The van der Waals surface area contributed by atoms with Gasteiger partial charge in [-0.1, -0.05) is 11.8 Å². The first-order chi connectivity index (χ1) is 7.29. The summed E-state index contributed by atoms with van der Waals surface area (Å²) < 4.78 is 4.86. The fourth-order valence-corrected chi connectivity index (χ4v) is 1.14. The Morgan fingerprint density at radius 1 is 1.67 bits per heavy atom. The van der Waals surface area contributed by atoms with Gasteiger partial charge in [-0.25, -0.2) is 9.78 Å². The van der Waals surface area contributed by atoms with Gasteiger partial charge in [0.2, 0.25) is 0 Å². The van der Waals surface area contributed by atoms with E-state index in [1.807, 2.05) is 7.05 Å². The molecule has 2 N–H and O–H groups in total. The van der Waals surface area contributed by atoms with Gasteiger partial charge in [0.25, 0.3) is 0 Å². The van der Waals surface area contributed by atoms with Crippen molar-refractivity contribution in [2.24, 2.45) is 0 Å². The minimum Gasteiger partial charge on any atom is -0.406 e. The topological polar surface area (TPSA) is 70.9 Å². The zero-order valence-corrected chi connectivity index (χ0v) is 8.13. The number of oxazole rings is 1. The number of aromatic amines is 1. The van der Waals surface area contributed by atoms with Crippen molar-refractivity contribution in [3.8, 4) is 11.8 Å². The van der Waals surface area contributed by atoms with Gasteiger partial charge in [-0.05, 0) is 7.05 Å². The molecule has 2 rings (SSSR count). The van der Waals surface area contributed by atoms with Crippen LogP contribution in [0.4, 0.5) is 0 Å². The molecule has 0 aliphatic carbocycles. The maximum absolute atomic E-state index is 10.9. The van der Waals surface area contributed by atoms with E-state index in [1.54, 1.807) is 12.3 Å². The summed E-state index contributed by atoms with van der Waals surface area (Å²) in [6.45, 7) is 0.606. The third-order valence-electron chi connectivity index (χ3n) is 1.77. The lowest BCUT2D eigenvalue weighted by Gasteiger charge is -1.88. The Labute approximate surface area is 85.5 Å². The fourth-order valence-electron chi connectivity index (χ4n) is 1.14. The van der Waals surface area contributed by atoms with E-state index >= 15 is 0 Å². The van der Waals surface area contributed by atoms with Gasteiger partial charge in [-0.3, -0.25) is 4.98 Å². The number of nitrogens with zero attached hydrogens (tertiary/aromatic N) is 1. The van der Waals surface area contributed by atoms with Gasteiger partial charge in [-0.15, -0.1) is 0 Å². The summed E-state index contributed by atoms with van der Waals surface area (Å²) in [7, 11) is 1.82. The second kappa shape index (κ2) is 3.98. The normalized spacial score (nSPS) is 9.93. The molecule has 0 aliphatic heterocycles. The van der Waals surface area contributed by atoms with E-state index in [1.165, 1.54) is 0 Å². The quantitative estimate of drug-likeness (QED) is 0.644. The van der Waals surface area contributed by atoms with Crippen LogP contribution >= 0.6 is 0 Å². The molecule has 0 aliphatic rings. The standard InChI is InChI=1S/C10H9N3O2/c1-11-4-2-3-7-5-8-9(12-6-7)13-10(14)15-8/h5-6,11H,4H2,1H3,(H,12,13,14). The highest BCUT2D eigenvalue weighted by Gasteiger charge is 2.01. The lowest BCUT2D eigenvalue weighted by atomic mass is 10.3. The van der Waals surface area contributed by atoms with Crippen molar-refractivity contribution >= 4 is 11.2 Å². The molecule has 0 fully saturated rings. The Morgan fingerprint density at radius 2 is 2.53 bits per heavy atom. The third-order valence-corrected chi connectivity index (χ3v) is 1.77. The number of hydrogen-bond acceptors (Lipinski definition) is 4. The van der Waals surface area contributed by atoms with Crippen molar-refractivity contribution in [2.45, 2.75) is 0 Å². The second-order valence-electron chi connectivity index (χ2n) is 2.92. The molecule has 2 aromatic heterocycles. The van der Waals surface area contributed by atoms with E-state index in [-0.39, 0.29) is 0 Å². The molecule has 0 atom stereocenters. The van der Waals surface area contributed by atoms with Gasteiger partial charge in [0.05, 0.1) is 6.54 Å². The van der Waals surface area contributed by atoms with Crippen LogP contribution in [0.15, 0.2) is 21.5 Å². The van der Waals surface area contributed by atoms with Gasteiger partial charge in [0.15, 0.2) is 11.2 Å². The molecule has 15 heavy (non-hydrogen) atoms. The Morgan fingerprint density at radius 3 is 3.33 bits per heavy atom. The van der Waals surface area contributed by atoms with E-state index in [2.05, 4.69) is 27.1 Å². The summed E-state index contributed by atoms with van der Waals surface area (Å²) in [6, 6.07) is 1.68. The zero-order chi connectivity index (χ0) is 10.7. The average Bonchev–Trinajstić information content (AvgIpc) is 2.57. The molecule has 2 aromatic rings. The van der Waals surface area contributed by atoms with Crippen LogP contribution in [0.1, 0.15) is 5.56 Å². The Balaban J connectivity index is 2.39.